The van der Waals surface area contributed by atoms with Crippen LogP contribution in [-0.2, 0) is 0 Å². The van der Waals surface area contributed by atoms with Crippen LogP contribution in [0.2, 0.25) is 0 Å². The average molecular weight is 453 g/mol. The van der Waals surface area contributed by atoms with Gasteiger partial charge in [0, 0.05) is 30.0 Å². The number of hydrogen-bond acceptors (Lipinski definition) is 4. The van der Waals surface area contributed by atoms with Gasteiger partial charge in [-0.05, 0) is 41.5 Å². The maximum absolute atomic E-state index is 13.9. The van der Waals surface area contributed by atoms with Crippen LogP contribution in [-0.4, -0.2) is 39.4 Å². The second kappa shape index (κ2) is 6.73. The van der Waals surface area contributed by atoms with Gasteiger partial charge in [-0.1, -0.05) is 26.8 Å². The summed E-state index contributed by atoms with van der Waals surface area (Å²) in [7, 11) is 0. The van der Waals surface area contributed by atoms with Crippen molar-refractivity contribution in [2.24, 2.45) is 10.8 Å². The Kier molecular flexibility index (Phi) is 4.53. The first-order valence-corrected chi connectivity index (χ1v) is 11.6. The van der Waals surface area contributed by atoms with E-state index in [-0.39, 0.29) is 40.7 Å². The first-order valence-electron chi connectivity index (χ1n) is 10.7. The fourth-order valence-corrected chi connectivity index (χ4v) is 6.99. The number of hydrogen-bond donors (Lipinski definition) is 1. The smallest absolute Gasteiger partial charge is 0.363 e. The van der Waals surface area contributed by atoms with E-state index < -0.39 is 18.3 Å². The molecular weight excluding hydrogens is 425 g/mol. The van der Waals surface area contributed by atoms with E-state index >= 15 is 0 Å². The third kappa shape index (κ3) is 3.64. The zero-order valence-electron chi connectivity index (χ0n) is 17.9. The van der Waals surface area contributed by atoms with E-state index in [0.29, 0.717) is 6.54 Å². The zero-order chi connectivity index (χ0) is 22.2. The Morgan fingerprint density at radius 2 is 2.06 bits per heavy atom. The molecule has 5 rings (SSSR count). The second-order valence-corrected chi connectivity index (χ2v) is 11.5. The van der Waals surface area contributed by atoms with Crippen LogP contribution in [0.4, 0.5) is 19.0 Å². The molecule has 1 aliphatic carbocycles. The van der Waals surface area contributed by atoms with E-state index in [0.717, 1.165) is 28.8 Å². The van der Waals surface area contributed by atoms with E-state index in [9.17, 15) is 18.0 Å². The van der Waals surface area contributed by atoms with Crippen molar-refractivity contribution in [3.63, 3.8) is 0 Å². The lowest BCUT2D eigenvalue weighted by atomic mass is 9.65. The minimum absolute atomic E-state index is 0.0540. The topological polar surface area (TPSA) is 50.2 Å². The van der Waals surface area contributed by atoms with Crippen LogP contribution in [0.5, 0.6) is 0 Å². The molecule has 2 aromatic rings. The molecule has 1 amide bonds. The van der Waals surface area contributed by atoms with Crippen LogP contribution in [0.3, 0.4) is 0 Å². The van der Waals surface area contributed by atoms with Gasteiger partial charge in [0.1, 0.15) is 5.82 Å². The Hall–Kier alpha value is -2.03. The van der Waals surface area contributed by atoms with Crippen molar-refractivity contribution >= 4 is 23.1 Å². The summed E-state index contributed by atoms with van der Waals surface area (Å²) in [5.74, 6) is -0.00671. The normalized spacial score (nSPS) is 31.9. The number of carbonyl (C=O) groups is 1. The fraction of sp³-hybridized carbons (Fsp3) is 0.636. The number of thiophene rings is 1. The summed E-state index contributed by atoms with van der Waals surface area (Å²) in [6.07, 6.45) is -1.70. The SMILES string of the molecule is CC1(C)CC2CC(C)(CN2C(=O)c2cc3n(n2)C(C(F)(F)F)CC(c2cccs2)N3)C1. The highest BCUT2D eigenvalue weighted by Crippen LogP contribution is 2.53. The van der Waals surface area contributed by atoms with Crippen molar-refractivity contribution in [2.75, 3.05) is 11.9 Å². The van der Waals surface area contributed by atoms with Crippen molar-refractivity contribution in [3.8, 4) is 0 Å². The molecule has 2 bridgehead atoms. The molecule has 31 heavy (non-hydrogen) atoms. The second-order valence-electron chi connectivity index (χ2n) is 10.5. The van der Waals surface area contributed by atoms with Crippen LogP contribution in [0.1, 0.15) is 73.9 Å². The summed E-state index contributed by atoms with van der Waals surface area (Å²) < 4.78 is 42.6. The molecule has 4 heterocycles. The Balaban J connectivity index is 1.46. The Morgan fingerprint density at radius 1 is 1.29 bits per heavy atom. The van der Waals surface area contributed by atoms with Crippen molar-refractivity contribution in [1.82, 2.24) is 14.7 Å². The number of nitrogens with one attached hydrogen (secondary N) is 1. The number of amides is 1. The molecule has 1 saturated carbocycles. The molecule has 9 heteroatoms. The summed E-state index contributed by atoms with van der Waals surface area (Å²) in [5.41, 5.74) is 0.299. The van der Waals surface area contributed by atoms with Gasteiger partial charge in [-0.25, -0.2) is 4.68 Å². The number of aromatic nitrogens is 2. The first-order chi connectivity index (χ1) is 14.4. The standard InChI is InChI=1S/C22H27F3N4OS/c1-20(2)9-13-10-21(3,11-20)12-28(13)19(30)15-8-18-26-14(16-5-4-6-31-16)7-17(22(23,24)25)29(18)27-15/h4-6,8,13-14,17,26H,7,9-12H2,1-3H3. The number of fused-ring (bicyclic) bond motifs is 3. The maximum Gasteiger partial charge on any atom is 0.410 e. The summed E-state index contributed by atoms with van der Waals surface area (Å²) in [6, 6.07) is 3.07. The molecule has 2 aromatic heterocycles. The number of carbonyl (C=O) groups excluding carboxylic acids is 1. The lowest BCUT2D eigenvalue weighted by Gasteiger charge is -2.39. The number of halogens is 3. The molecule has 168 valence electrons. The van der Waals surface area contributed by atoms with Gasteiger partial charge >= 0.3 is 6.18 Å². The van der Waals surface area contributed by atoms with Gasteiger partial charge < -0.3 is 10.2 Å². The van der Waals surface area contributed by atoms with Crippen LogP contribution < -0.4 is 5.32 Å². The predicted octanol–water partition coefficient (Wildman–Crippen LogP) is 5.65. The summed E-state index contributed by atoms with van der Waals surface area (Å²) in [4.78, 5) is 16.1. The van der Waals surface area contributed by atoms with Gasteiger partial charge in [0.25, 0.3) is 5.91 Å². The van der Waals surface area contributed by atoms with Gasteiger partial charge in [-0.2, -0.15) is 18.3 Å². The van der Waals surface area contributed by atoms with Crippen LogP contribution in [0, 0.1) is 10.8 Å². The van der Waals surface area contributed by atoms with Gasteiger partial charge in [0.05, 0.1) is 6.04 Å². The minimum atomic E-state index is -4.44. The Morgan fingerprint density at radius 3 is 2.74 bits per heavy atom. The molecule has 5 nitrogen and oxygen atoms in total. The number of nitrogens with zero attached hydrogens (tertiary/aromatic N) is 3. The first kappa shape index (κ1) is 20.8. The van der Waals surface area contributed by atoms with Gasteiger partial charge in [-0.3, -0.25) is 4.79 Å². The molecule has 0 aromatic carbocycles. The molecule has 0 radical (unpaired) electrons. The molecule has 3 aliphatic rings. The number of alkyl halides is 3. The highest BCUT2D eigenvalue weighted by molar-refractivity contribution is 7.10. The zero-order valence-corrected chi connectivity index (χ0v) is 18.7. The quantitative estimate of drug-likeness (QED) is 0.641. The summed E-state index contributed by atoms with van der Waals surface area (Å²) in [6.45, 7) is 7.29. The van der Waals surface area contributed by atoms with E-state index in [2.05, 4.69) is 31.2 Å². The molecular formula is C22H27F3N4OS. The molecule has 4 atom stereocenters. The highest BCUT2D eigenvalue weighted by Gasteiger charge is 2.52. The molecule has 0 spiro atoms. The molecule has 2 fully saturated rings. The van der Waals surface area contributed by atoms with Gasteiger partial charge in [0.15, 0.2) is 11.7 Å². The largest absolute Gasteiger partial charge is 0.410 e. The van der Waals surface area contributed by atoms with Crippen molar-refractivity contribution < 1.29 is 18.0 Å². The number of likely N-dealkylation sites (tertiary alicyclic amines) is 1. The lowest BCUT2D eigenvalue weighted by Crippen LogP contribution is -2.38. The van der Waals surface area contributed by atoms with E-state index in [1.165, 1.54) is 17.4 Å². The van der Waals surface area contributed by atoms with Gasteiger partial charge in [-0.15, -0.1) is 11.3 Å². The minimum Gasteiger partial charge on any atom is -0.363 e. The highest BCUT2D eigenvalue weighted by atomic mass is 32.1. The number of anilines is 1. The molecule has 2 aliphatic heterocycles. The van der Waals surface area contributed by atoms with Crippen LogP contribution in [0.25, 0.3) is 0 Å². The fourth-order valence-electron chi connectivity index (χ4n) is 6.20. The van der Waals surface area contributed by atoms with Crippen molar-refractivity contribution in [2.45, 2.75) is 70.8 Å². The van der Waals surface area contributed by atoms with Crippen LogP contribution in [0.15, 0.2) is 23.6 Å². The third-order valence-electron chi connectivity index (χ3n) is 6.97. The van der Waals surface area contributed by atoms with E-state index in [1.807, 2.05) is 22.4 Å². The monoisotopic (exact) mass is 452 g/mol. The lowest BCUT2D eigenvalue weighted by molar-refractivity contribution is -0.173. The van der Waals surface area contributed by atoms with Gasteiger partial charge in [0.2, 0.25) is 0 Å². The predicted molar refractivity (Wildman–Crippen MR) is 113 cm³/mol. The van der Waals surface area contributed by atoms with Crippen molar-refractivity contribution in [1.29, 1.82) is 0 Å². The van der Waals surface area contributed by atoms with E-state index in [1.54, 1.807) is 0 Å². The molecule has 1 saturated heterocycles. The van der Waals surface area contributed by atoms with Crippen LogP contribution >= 0.6 is 11.3 Å². The average Bonchev–Trinajstić information content (AvgIpc) is 3.35. The Bertz CT molecular complexity index is 999. The molecule has 1 N–H and O–H groups in total. The Labute approximate surface area is 183 Å². The maximum atomic E-state index is 13.9. The summed E-state index contributed by atoms with van der Waals surface area (Å²) in [5, 5.41) is 9.21. The number of rotatable bonds is 2. The van der Waals surface area contributed by atoms with Crippen molar-refractivity contribution in [3.05, 3.63) is 34.2 Å². The van der Waals surface area contributed by atoms with E-state index in [4.69, 9.17) is 0 Å². The molecule has 4 unspecified atom stereocenters. The third-order valence-corrected chi connectivity index (χ3v) is 7.96. The summed E-state index contributed by atoms with van der Waals surface area (Å²) >= 11 is 1.43.